The van der Waals surface area contributed by atoms with Crippen molar-refractivity contribution in [3.05, 3.63) is 108 Å². The summed E-state index contributed by atoms with van der Waals surface area (Å²) >= 11 is 0. The maximum atomic E-state index is 11.6. The minimum absolute atomic E-state index is 0.155. The lowest BCUT2D eigenvalue weighted by Crippen LogP contribution is -2.22. The number of aromatic nitrogens is 2. The van der Waals surface area contributed by atoms with E-state index in [0.717, 1.165) is 23.6 Å². The number of methoxy groups -OCH3 is 1. The number of carbonyl (C=O) groups excluding carboxylic acids is 1. The Morgan fingerprint density at radius 3 is 2.44 bits per heavy atom. The molecular formula is C27H26N2O3. The van der Waals surface area contributed by atoms with Crippen LogP contribution in [0.2, 0.25) is 0 Å². The Balaban J connectivity index is 1.53. The van der Waals surface area contributed by atoms with E-state index in [1.54, 1.807) is 18.2 Å². The number of carbonyl (C=O) groups is 1. The second-order valence-corrected chi connectivity index (χ2v) is 7.71. The SMILES string of the molecule is CCn1cc(-c2ccc(C(=O)OC)cc2)nc1/C=C/C1(O)C=CC(c2ccccc2)C=C1. The third kappa shape index (κ3) is 4.63. The number of nitrogens with zero attached hydrogens (tertiary/aromatic N) is 2. The second kappa shape index (κ2) is 9.20. The molecule has 1 aromatic heterocycles. The molecular weight excluding hydrogens is 400 g/mol. The van der Waals surface area contributed by atoms with E-state index >= 15 is 0 Å². The number of benzene rings is 2. The van der Waals surface area contributed by atoms with Crippen LogP contribution in [0.5, 0.6) is 0 Å². The highest BCUT2D eigenvalue weighted by Crippen LogP contribution is 2.28. The molecule has 4 rings (SSSR count). The Labute approximate surface area is 188 Å². The number of imidazole rings is 1. The highest BCUT2D eigenvalue weighted by Gasteiger charge is 2.21. The van der Waals surface area contributed by atoms with Crippen LogP contribution in [-0.2, 0) is 11.3 Å². The molecule has 0 unspecified atom stereocenters. The minimum atomic E-state index is -1.15. The first-order chi connectivity index (χ1) is 15.5. The lowest BCUT2D eigenvalue weighted by atomic mass is 9.88. The van der Waals surface area contributed by atoms with Crippen LogP contribution < -0.4 is 0 Å². The predicted molar refractivity (Wildman–Crippen MR) is 126 cm³/mol. The van der Waals surface area contributed by atoms with Crippen molar-refractivity contribution < 1.29 is 14.6 Å². The van der Waals surface area contributed by atoms with Gasteiger partial charge >= 0.3 is 5.97 Å². The van der Waals surface area contributed by atoms with Gasteiger partial charge in [0.1, 0.15) is 11.4 Å². The number of hydrogen-bond donors (Lipinski definition) is 1. The Morgan fingerprint density at radius 2 is 1.81 bits per heavy atom. The summed E-state index contributed by atoms with van der Waals surface area (Å²) in [7, 11) is 1.37. The third-order valence-corrected chi connectivity index (χ3v) is 5.57. The summed E-state index contributed by atoms with van der Waals surface area (Å²) in [5.41, 5.74) is 2.24. The van der Waals surface area contributed by atoms with Crippen LogP contribution in [-0.4, -0.2) is 33.3 Å². The zero-order valence-corrected chi connectivity index (χ0v) is 18.2. The quantitative estimate of drug-likeness (QED) is 0.444. The van der Waals surface area contributed by atoms with Crippen molar-refractivity contribution in [1.82, 2.24) is 9.55 Å². The van der Waals surface area contributed by atoms with Crippen molar-refractivity contribution in [1.29, 1.82) is 0 Å². The second-order valence-electron chi connectivity index (χ2n) is 7.71. The van der Waals surface area contributed by atoms with Gasteiger partial charge in [0.2, 0.25) is 0 Å². The molecule has 1 N–H and O–H groups in total. The first-order valence-electron chi connectivity index (χ1n) is 10.6. The van der Waals surface area contributed by atoms with Gasteiger partial charge in [-0.2, -0.15) is 0 Å². The normalized spacial score (nSPS) is 20.0. The van der Waals surface area contributed by atoms with Gasteiger partial charge in [-0.1, -0.05) is 54.6 Å². The smallest absolute Gasteiger partial charge is 0.337 e. The standard InChI is InChI=1S/C27H26N2O3/c1-3-29-19-24(22-9-11-23(12-10-22)26(30)32-2)28-25(29)15-18-27(31)16-13-21(14-17-27)20-7-5-4-6-8-20/h4-19,21,31H,3H2,1-2H3/b18-15+. The van der Waals surface area contributed by atoms with Crippen LogP contribution in [0.3, 0.4) is 0 Å². The molecule has 0 saturated carbocycles. The van der Waals surface area contributed by atoms with Gasteiger partial charge in [0.25, 0.3) is 0 Å². The first-order valence-corrected chi connectivity index (χ1v) is 10.6. The number of aliphatic hydroxyl groups is 1. The molecule has 0 bridgehead atoms. The molecule has 5 nitrogen and oxygen atoms in total. The van der Waals surface area contributed by atoms with Gasteiger partial charge in [0.15, 0.2) is 0 Å². The number of esters is 1. The van der Waals surface area contributed by atoms with Gasteiger partial charge in [-0.25, -0.2) is 9.78 Å². The molecule has 0 radical (unpaired) electrons. The summed E-state index contributed by atoms with van der Waals surface area (Å²) in [5, 5.41) is 10.9. The van der Waals surface area contributed by atoms with Crippen molar-refractivity contribution >= 4 is 12.0 Å². The Hall–Kier alpha value is -3.70. The molecule has 1 heterocycles. The largest absolute Gasteiger partial charge is 0.465 e. The topological polar surface area (TPSA) is 64.4 Å². The van der Waals surface area contributed by atoms with Crippen LogP contribution in [0, 0.1) is 0 Å². The van der Waals surface area contributed by atoms with Crippen LogP contribution in [0.15, 0.2) is 91.2 Å². The zero-order chi connectivity index (χ0) is 22.6. The Kier molecular flexibility index (Phi) is 6.19. The minimum Gasteiger partial charge on any atom is -0.465 e. The van der Waals surface area contributed by atoms with Crippen molar-refractivity contribution in [2.24, 2.45) is 0 Å². The van der Waals surface area contributed by atoms with E-state index in [1.807, 2.05) is 78.4 Å². The monoisotopic (exact) mass is 426 g/mol. The fourth-order valence-electron chi connectivity index (χ4n) is 3.70. The van der Waals surface area contributed by atoms with E-state index in [1.165, 1.54) is 12.7 Å². The van der Waals surface area contributed by atoms with Gasteiger partial charge in [-0.15, -0.1) is 0 Å². The van der Waals surface area contributed by atoms with E-state index in [4.69, 9.17) is 9.72 Å². The van der Waals surface area contributed by atoms with E-state index in [2.05, 4.69) is 12.1 Å². The number of rotatable bonds is 6. The van der Waals surface area contributed by atoms with Gasteiger partial charge in [0, 0.05) is 24.2 Å². The fourth-order valence-corrected chi connectivity index (χ4v) is 3.70. The zero-order valence-electron chi connectivity index (χ0n) is 18.2. The van der Waals surface area contributed by atoms with E-state index < -0.39 is 5.60 Å². The number of aryl methyl sites for hydroxylation is 1. The lowest BCUT2D eigenvalue weighted by molar-refractivity contribution is 0.0600. The molecule has 0 spiro atoms. The van der Waals surface area contributed by atoms with Crippen molar-refractivity contribution in [2.45, 2.75) is 25.0 Å². The van der Waals surface area contributed by atoms with Crippen molar-refractivity contribution in [3.63, 3.8) is 0 Å². The molecule has 1 aliphatic rings. The van der Waals surface area contributed by atoms with Crippen molar-refractivity contribution in [2.75, 3.05) is 7.11 Å². The highest BCUT2D eigenvalue weighted by atomic mass is 16.5. The fraction of sp³-hybridized carbons (Fsp3) is 0.185. The lowest BCUT2D eigenvalue weighted by Gasteiger charge is -2.22. The Morgan fingerprint density at radius 1 is 1.12 bits per heavy atom. The molecule has 162 valence electrons. The highest BCUT2D eigenvalue weighted by molar-refractivity contribution is 5.89. The van der Waals surface area contributed by atoms with Crippen molar-refractivity contribution in [3.8, 4) is 11.3 Å². The summed E-state index contributed by atoms with van der Waals surface area (Å²) in [4.78, 5) is 16.4. The molecule has 0 aliphatic heterocycles. The summed E-state index contributed by atoms with van der Waals surface area (Å²) in [6, 6.07) is 17.4. The summed E-state index contributed by atoms with van der Waals surface area (Å²) in [6.45, 7) is 2.79. The number of hydrogen-bond acceptors (Lipinski definition) is 4. The molecule has 32 heavy (non-hydrogen) atoms. The maximum Gasteiger partial charge on any atom is 0.337 e. The van der Waals surface area contributed by atoms with Crippen LogP contribution >= 0.6 is 0 Å². The average Bonchev–Trinajstić information content (AvgIpc) is 3.27. The van der Waals surface area contributed by atoms with Crippen LogP contribution in [0.25, 0.3) is 17.3 Å². The average molecular weight is 427 g/mol. The molecule has 0 amide bonds. The molecule has 0 fully saturated rings. The van der Waals surface area contributed by atoms with Gasteiger partial charge in [-0.05, 0) is 48.9 Å². The van der Waals surface area contributed by atoms with Crippen LogP contribution in [0.4, 0.5) is 0 Å². The predicted octanol–water partition coefficient (Wildman–Crippen LogP) is 5.01. The first kappa shape index (κ1) is 21.5. The van der Waals surface area contributed by atoms with Gasteiger partial charge in [0.05, 0.1) is 18.4 Å². The molecule has 5 heteroatoms. The summed E-state index contributed by atoms with van der Waals surface area (Å²) in [6.07, 6.45) is 13.2. The molecule has 3 aromatic rings. The molecule has 0 saturated heterocycles. The Bertz CT molecular complexity index is 1160. The number of ether oxygens (including phenoxy) is 1. The molecule has 2 aromatic carbocycles. The third-order valence-electron chi connectivity index (χ3n) is 5.57. The van der Waals surface area contributed by atoms with E-state index in [9.17, 15) is 9.90 Å². The van der Waals surface area contributed by atoms with Gasteiger partial charge in [-0.3, -0.25) is 0 Å². The van der Waals surface area contributed by atoms with E-state index in [0.29, 0.717) is 5.56 Å². The summed E-state index contributed by atoms with van der Waals surface area (Å²) in [5.74, 6) is 0.539. The molecule has 0 atom stereocenters. The summed E-state index contributed by atoms with van der Waals surface area (Å²) < 4.78 is 6.77. The van der Waals surface area contributed by atoms with Gasteiger partial charge < -0.3 is 14.4 Å². The molecule has 1 aliphatic carbocycles. The maximum absolute atomic E-state index is 11.6. The van der Waals surface area contributed by atoms with Crippen LogP contribution in [0.1, 0.15) is 34.6 Å². The van der Waals surface area contributed by atoms with E-state index in [-0.39, 0.29) is 11.9 Å². The number of allylic oxidation sites excluding steroid dienone is 2.